The summed E-state index contributed by atoms with van der Waals surface area (Å²) in [6, 6.07) is 6.53. The van der Waals surface area contributed by atoms with Crippen LogP contribution < -0.4 is 14.8 Å². The van der Waals surface area contributed by atoms with Gasteiger partial charge < -0.3 is 29.3 Å². The van der Waals surface area contributed by atoms with Gasteiger partial charge in [0, 0.05) is 22.9 Å². The lowest BCUT2D eigenvalue weighted by atomic mass is 9.86. The highest BCUT2D eigenvalue weighted by atomic mass is 19.1. The fraction of sp³-hybridized carbons (Fsp3) is 0.320. The highest BCUT2D eigenvalue weighted by Crippen LogP contribution is 2.37. The van der Waals surface area contributed by atoms with Crippen LogP contribution in [0, 0.1) is 11.6 Å². The standard InChI is InChI=1S/C25H25F2N3O6/c1-25(2,3)21-16(26)9-13(10-17(21)27)28-23(32)22-15-6-5-14(34-4)11-18(15)35-8-7-30(22)24(33)19-12-20(31)29-36-19/h5-6,9-12,22H,7-8H2,1-4H3,(H,28,32)(H,29,31)/t22-/m1/s1. The van der Waals surface area contributed by atoms with Crippen LogP contribution in [0.25, 0.3) is 0 Å². The summed E-state index contributed by atoms with van der Waals surface area (Å²) in [7, 11) is 1.47. The van der Waals surface area contributed by atoms with Crippen LogP contribution in [-0.4, -0.2) is 47.2 Å². The van der Waals surface area contributed by atoms with E-state index >= 15 is 0 Å². The third-order valence-electron chi connectivity index (χ3n) is 5.69. The third-order valence-corrected chi connectivity index (χ3v) is 5.69. The molecule has 3 aromatic rings. The smallest absolute Gasteiger partial charge is 0.293 e. The molecule has 0 saturated carbocycles. The van der Waals surface area contributed by atoms with Gasteiger partial charge in [-0.05, 0) is 34.8 Å². The van der Waals surface area contributed by atoms with Crippen molar-refractivity contribution < 1.29 is 37.5 Å². The number of methoxy groups -OCH3 is 1. The Hall–Kier alpha value is -4.15. The molecule has 2 heterocycles. The topological polar surface area (TPSA) is 114 Å². The number of benzene rings is 2. The number of amides is 2. The molecule has 2 aromatic carbocycles. The van der Waals surface area contributed by atoms with Gasteiger partial charge in [0.2, 0.25) is 5.76 Å². The molecule has 1 aliphatic rings. The molecule has 0 unspecified atom stereocenters. The zero-order chi connectivity index (χ0) is 26.2. The van der Waals surface area contributed by atoms with E-state index in [-0.39, 0.29) is 30.2 Å². The molecule has 2 amide bonds. The maximum Gasteiger partial charge on any atom is 0.293 e. The second kappa shape index (κ2) is 9.48. The largest absolute Gasteiger partial charge is 0.497 e. The SMILES string of the molecule is COc1ccc2c(c1)OCCN(C(=O)c1cc(O)no1)[C@H]2C(=O)Nc1cc(F)c(C(C)(C)C)c(F)c1. The van der Waals surface area contributed by atoms with Crippen molar-refractivity contribution in [2.24, 2.45) is 0 Å². The number of hydrogen-bond donors (Lipinski definition) is 2. The summed E-state index contributed by atoms with van der Waals surface area (Å²) in [5, 5.41) is 15.3. The van der Waals surface area contributed by atoms with Gasteiger partial charge in [-0.25, -0.2) is 8.78 Å². The fourth-order valence-electron chi connectivity index (χ4n) is 4.13. The summed E-state index contributed by atoms with van der Waals surface area (Å²) < 4.78 is 45.4. The van der Waals surface area contributed by atoms with E-state index in [2.05, 4.69) is 10.5 Å². The number of ether oxygens (including phenoxy) is 2. The second-order valence-corrected chi connectivity index (χ2v) is 9.26. The molecule has 0 radical (unpaired) electrons. The van der Waals surface area contributed by atoms with Gasteiger partial charge in [-0.15, -0.1) is 0 Å². The molecule has 36 heavy (non-hydrogen) atoms. The molecule has 1 atom stereocenters. The first-order valence-corrected chi connectivity index (χ1v) is 11.1. The number of halogens is 2. The van der Waals surface area contributed by atoms with Gasteiger partial charge in [-0.3, -0.25) is 9.59 Å². The first kappa shape index (κ1) is 25.0. The van der Waals surface area contributed by atoms with Crippen LogP contribution >= 0.6 is 0 Å². The Morgan fingerprint density at radius 1 is 1.17 bits per heavy atom. The minimum atomic E-state index is -1.28. The number of aromatic nitrogens is 1. The van der Waals surface area contributed by atoms with Crippen molar-refractivity contribution in [2.75, 3.05) is 25.6 Å². The van der Waals surface area contributed by atoms with Crippen LogP contribution in [-0.2, 0) is 10.2 Å². The number of carbonyl (C=O) groups is 2. The van der Waals surface area contributed by atoms with Crippen LogP contribution in [0.1, 0.15) is 48.5 Å². The quantitative estimate of drug-likeness (QED) is 0.551. The van der Waals surface area contributed by atoms with E-state index in [1.54, 1.807) is 39.0 Å². The number of nitrogens with zero attached hydrogens (tertiary/aromatic N) is 2. The number of carbonyl (C=O) groups excluding carboxylic acids is 2. The molecule has 0 fully saturated rings. The van der Waals surface area contributed by atoms with Crippen molar-refractivity contribution in [2.45, 2.75) is 32.2 Å². The molecule has 2 N–H and O–H groups in total. The predicted octanol–water partition coefficient (Wildman–Crippen LogP) is 4.18. The molecule has 1 aliphatic heterocycles. The summed E-state index contributed by atoms with van der Waals surface area (Å²) in [6.45, 7) is 5.01. The number of hydrogen-bond acceptors (Lipinski definition) is 7. The third kappa shape index (κ3) is 4.81. The lowest BCUT2D eigenvalue weighted by Crippen LogP contribution is -2.42. The summed E-state index contributed by atoms with van der Waals surface area (Å²) in [4.78, 5) is 28.0. The number of rotatable bonds is 4. The monoisotopic (exact) mass is 501 g/mol. The zero-order valence-corrected chi connectivity index (χ0v) is 20.1. The van der Waals surface area contributed by atoms with E-state index in [9.17, 15) is 23.5 Å². The van der Waals surface area contributed by atoms with Crippen molar-refractivity contribution in [1.29, 1.82) is 0 Å². The molecule has 0 bridgehead atoms. The average molecular weight is 501 g/mol. The molecular formula is C25H25F2N3O6. The van der Waals surface area contributed by atoms with Crippen molar-refractivity contribution >= 4 is 17.5 Å². The van der Waals surface area contributed by atoms with E-state index in [0.29, 0.717) is 17.1 Å². The Balaban J connectivity index is 1.75. The van der Waals surface area contributed by atoms with Gasteiger partial charge in [0.05, 0.1) is 19.7 Å². The number of fused-ring (bicyclic) bond motifs is 1. The van der Waals surface area contributed by atoms with Crippen molar-refractivity contribution in [3.8, 4) is 17.4 Å². The molecule has 190 valence electrons. The van der Waals surface area contributed by atoms with E-state index < -0.39 is 40.8 Å². The zero-order valence-electron chi connectivity index (χ0n) is 20.1. The summed E-state index contributed by atoms with van der Waals surface area (Å²) in [5.41, 5.74) is -0.704. The molecule has 9 nitrogen and oxygen atoms in total. The predicted molar refractivity (Wildman–Crippen MR) is 124 cm³/mol. The lowest BCUT2D eigenvalue weighted by molar-refractivity contribution is -0.120. The lowest BCUT2D eigenvalue weighted by Gasteiger charge is -2.28. The first-order valence-electron chi connectivity index (χ1n) is 11.1. The van der Waals surface area contributed by atoms with Gasteiger partial charge >= 0.3 is 0 Å². The summed E-state index contributed by atoms with van der Waals surface area (Å²) in [6.07, 6.45) is 0. The Kier molecular flexibility index (Phi) is 6.57. The highest BCUT2D eigenvalue weighted by Gasteiger charge is 2.38. The summed E-state index contributed by atoms with van der Waals surface area (Å²) in [5.74, 6) is -3.13. The highest BCUT2D eigenvalue weighted by molar-refractivity contribution is 6.01. The van der Waals surface area contributed by atoms with Crippen molar-refractivity contribution in [3.05, 3.63) is 64.9 Å². The van der Waals surface area contributed by atoms with Crippen LogP contribution in [0.5, 0.6) is 17.4 Å². The number of anilines is 1. The number of nitrogens with one attached hydrogen (secondary N) is 1. The second-order valence-electron chi connectivity index (χ2n) is 9.26. The Bertz CT molecular complexity index is 1290. The average Bonchev–Trinajstić information content (AvgIpc) is 3.13. The summed E-state index contributed by atoms with van der Waals surface area (Å²) >= 11 is 0. The molecular weight excluding hydrogens is 476 g/mol. The van der Waals surface area contributed by atoms with E-state index in [1.807, 2.05) is 0 Å². The maximum atomic E-state index is 14.8. The van der Waals surface area contributed by atoms with E-state index in [1.165, 1.54) is 12.0 Å². The van der Waals surface area contributed by atoms with Gasteiger partial charge in [0.1, 0.15) is 35.8 Å². The van der Waals surface area contributed by atoms with Crippen molar-refractivity contribution in [1.82, 2.24) is 10.1 Å². The molecule has 4 rings (SSSR count). The molecule has 0 aliphatic carbocycles. The van der Waals surface area contributed by atoms with Gasteiger partial charge in [0.15, 0.2) is 0 Å². The van der Waals surface area contributed by atoms with Gasteiger partial charge in [-0.2, -0.15) is 0 Å². The van der Waals surface area contributed by atoms with Crippen molar-refractivity contribution in [3.63, 3.8) is 0 Å². The molecule has 11 heteroatoms. The van der Waals surface area contributed by atoms with E-state index in [0.717, 1.165) is 18.2 Å². The van der Waals surface area contributed by atoms with Crippen LogP contribution in [0.15, 0.2) is 40.9 Å². The molecule has 0 spiro atoms. The van der Waals surface area contributed by atoms with E-state index in [4.69, 9.17) is 14.0 Å². The van der Waals surface area contributed by atoms with Gasteiger partial charge in [0.25, 0.3) is 17.7 Å². The minimum absolute atomic E-state index is 0.0271. The minimum Gasteiger partial charge on any atom is -0.497 e. The molecule has 0 saturated heterocycles. The Labute approximate surface area is 205 Å². The van der Waals surface area contributed by atoms with Crippen LogP contribution in [0.4, 0.5) is 14.5 Å². The van der Waals surface area contributed by atoms with Crippen LogP contribution in [0.3, 0.4) is 0 Å². The molecule has 1 aromatic heterocycles. The maximum absolute atomic E-state index is 14.8. The Morgan fingerprint density at radius 3 is 2.44 bits per heavy atom. The first-order chi connectivity index (χ1) is 17.0. The normalized spacial score (nSPS) is 15.5. The number of aromatic hydroxyl groups is 1. The van der Waals surface area contributed by atoms with Gasteiger partial charge in [-0.1, -0.05) is 20.8 Å². The Morgan fingerprint density at radius 2 is 1.86 bits per heavy atom. The van der Waals surface area contributed by atoms with Crippen LogP contribution in [0.2, 0.25) is 0 Å². The fourth-order valence-corrected chi connectivity index (χ4v) is 4.13.